The minimum atomic E-state index is -0.192. The van der Waals surface area contributed by atoms with E-state index in [0.717, 1.165) is 16.8 Å². The zero-order valence-electron chi connectivity index (χ0n) is 12.2. The molecule has 2 aromatic rings. The molecule has 0 aromatic heterocycles. The Balaban J connectivity index is 2.08. The summed E-state index contributed by atoms with van der Waals surface area (Å²) in [7, 11) is 0. The fourth-order valence-corrected chi connectivity index (χ4v) is 2.95. The van der Waals surface area contributed by atoms with Gasteiger partial charge in [-0.05, 0) is 29.4 Å². The lowest BCUT2D eigenvalue weighted by Gasteiger charge is -2.35. The van der Waals surface area contributed by atoms with E-state index in [2.05, 4.69) is 5.32 Å². The summed E-state index contributed by atoms with van der Waals surface area (Å²) >= 11 is 5.41. The molecule has 0 unspecified atom stereocenters. The van der Waals surface area contributed by atoms with Gasteiger partial charge >= 0.3 is 0 Å². The van der Waals surface area contributed by atoms with Gasteiger partial charge < -0.3 is 5.32 Å². The fourth-order valence-electron chi connectivity index (χ4n) is 2.60. The summed E-state index contributed by atoms with van der Waals surface area (Å²) in [5.74, 6) is -0.0743. The van der Waals surface area contributed by atoms with Gasteiger partial charge in [0.2, 0.25) is 5.91 Å². The molecule has 0 saturated heterocycles. The summed E-state index contributed by atoms with van der Waals surface area (Å²) in [6.07, 6.45) is 2.04. The first-order chi connectivity index (χ1) is 10.7. The number of rotatable bonds is 2. The molecular weight excluding hydrogens is 292 g/mol. The van der Waals surface area contributed by atoms with Gasteiger partial charge in [0.25, 0.3) is 0 Å². The number of carbonyl (C=O) groups excluding carboxylic acids is 1. The second-order valence-electron chi connectivity index (χ2n) is 5.12. The Labute approximate surface area is 135 Å². The van der Waals surface area contributed by atoms with Crippen molar-refractivity contribution >= 4 is 28.9 Å². The van der Waals surface area contributed by atoms with Crippen LogP contribution >= 0.6 is 12.2 Å². The van der Waals surface area contributed by atoms with Crippen LogP contribution in [-0.4, -0.2) is 15.9 Å². The van der Waals surface area contributed by atoms with Crippen LogP contribution in [0.4, 0.5) is 0 Å². The molecule has 4 heteroatoms. The van der Waals surface area contributed by atoms with Crippen LogP contribution in [0.5, 0.6) is 0 Å². The Morgan fingerprint density at radius 2 is 1.64 bits per heavy atom. The van der Waals surface area contributed by atoms with Crippen molar-refractivity contribution in [3.8, 4) is 0 Å². The number of hydrogen-bond donors (Lipinski definition) is 1. The molecule has 110 valence electrons. The molecule has 22 heavy (non-hydrogen) atoms. The van der Waals surface area contributed by atoms with E-state index in [1.165, 1.54) is 6.92 Å². The molecule has 1 atom stereocenters. The van der Waals surface area contributed by atoms with Gasteiger partial charge in [0.1, 0.15) is 0 Å². The first-order valence-electron chi connectivity index (χ1n) is 7.10. The summed E-state index contributed by atoms with van der Waals surface area (Å²) < 4.78 is 0. The Kier molecular flexibility index (Phi) is 4.02. The van der Waals surface area contributed by atoms with Gasteiger partial charge in [-0.15, -0.1) is 0 Å². The summed E-state index contributed by atoms with van der Waals surface area (Å²) in [6.45, 7) is 1.53. The first kappa shape index (κ1) is 14.5. The standard InChI is InChI=1S/C18H16N2OS/c1-13(21)20-17(15-10-6-3-7-11-15)12-16(19-18(20)22)14-8-4-2-5-9-14/h2-12,17H,1H3,(H,19,22)/t17-/m0/s1. The highest BCUT2D eigenvalue weighted by molar-refractivity contribution is 7.80. The molecule has 0 aliphatic carbocycles. The largest absolute Gasteiger partial charge is 0.332 e. The Bertz CT molecular complexity index is 725. The number of carbonyl (C=O) groups is 1. The predicted molar refractivity (Wildman–Crippen MR) is 91.9 cm³/mol. The van der Waals surface area contributed by atoms with Crippen molar-refractivity contribution in [2.75, 3.05) is 0 Å². The predicted octanol–water partition coefficient (Wildman–Crippen LogP) is 3.51. The third kappa shape index (κ3) is 2.78. The maximum absolute atomic E-state index is 12.0. The van der Waals surface area contributed by atoms with Crippen LogP contribution in [0.3, 0.4) is 0 Å². The molecular formula is C18H16N2OS. The number of nitrogens with zero attached hydrogens (tertiary/aromatic N) is 1. The van der Waals surface area contributed by atoms with E-state index < -0.39 is 0 Å². The topological polar surface area (TPSA) is 32.3 Å². The quantitative estimate of drug-likeness (QED) is 0.862. The van der Waals surface area contributed by atoms with Crippen LogP contribution in [0.15, 0.2) is 66.7 Å². The molecule has 0 bridgehead atoms. The van der Waals surface area contributed by atoms with E-state index in [0.29, 0.717) is 5.11 Å². The third-order valence-corrected chi connectivity index (χ3v) is 3.93. The molecule has 0 radical (unpaired) electrons. The van der Waals surface area contributed by atoms with Crippen LogP contribution in [-0.2, 0) is 4.79 Å². The maximum Gasteiger partial charge on any atom is 0.226 e. The van der Waals surface area contributed by atoms with E-state index in [1.54, 1.807) is 4.90 Å². The molecule has 2 aromatic carbocycles. The zero-order valence-corrected chi connectivity index (χ0v) is 13.0. The maximum atomic E-state index is 12.0. The van der Waals surface area contributed by atoms with Crippen molar-refractivity contribution in [2.45, 2.75) is 13.0 Å². The average Bonchev–Trinajstić information content (AvgIpc) is 2.55. The molecule has 0 saturated carbocycles. The minimum Gasteiger partial charge on any atom is -0.332 e. The SMILES string of the molecule is CC(=O)N1C(=S)NC(c2ccccc2)=C[C@H]1c1ccccc1. The van der Waals surface area contributed by atoms with Gasteiger partial charge in [-0.25, -0.2) is 0 Å². The summed E-state index contributed by atoms with van der Waals surface area (Å²) in [5.41, 5.74) is 3.01. The molecule has 1 N–H and O–H groups in total. The highest BCUT2D eigenvalue weighted by Crippen LogP contribution is 2.30. The second kappa shape index (κ2) is 6.12. The minimum absolute atomic E-state index is 0.0743. The highest BCUT2D eigenvalue weighted by Gasteiger charge is 2.29. The monoisotopic (exact) mass is 308 g/mol. The van der Waals surface area contributed by atoms with Crippen LogP contribution < -0.4 is 5.32 Å². The lowest BCUT2D eigenvalue weighted by molar-refractivity contribution is -0.126. The molecule has 1 heterocycles. The number of hydrogen-bond acceptors (Lipinski definition) is 2. The van der Waals surface area contributed by atoms with E-state index in [9.17, 15) is 4.79 Å². The number of benzene rings is 2. The Morgan fingerprint density at radius 3 is 2.23 bits per heavy atom. The first-order valence-corrected chi connectivity index (χ1v) is 7.50. The van der Waals surface area contributed by atoms with Gasteiger partial charge in [-0.3, -0.25) is 9.69 Å². The number of amides is 1. The van der Waals surface area contributed by atoms with E-state index >= 15 is 0 Å². The fraction of sp³-hybridized carbons (Fsp3) is 0.111. The summed E-state index contributed by atoms with van der Waals surface area (Å²) in [6, 6.07) is 19.7. The lowest BCUT2D eigenvalue weighted by atomic mass is 10.00. The highest BCUT2D eigenvalue weighted by atomic mass is 32.1. The molecule has 0 spiro atoms. The van der Waals surface area contributed by atoms with Crippen molar-refractivity contribution in [1.82, 2.24) is 10.2 Å². The summed E-state index contributed by atoms with van der Waals surface area (Å²) in [5, 5.41) is 3.59. The van der Waals surface area contributed by atoms with E-state index in [-0.39, 0.29) is 11.9 Å². The van der Waals surface area contributed by atoms with Crippen LogP contribution in [0.25, 0.3) is 5.70 Å². The molecule has 1 aliphatic heterocycles. The Hall–Kier alpha value is -2.46. The Morgan fingerprint density at radius 1 is 1.05 bits per heavy atom. The van der Waals surface area contributed by atoms with E-state index in [1.807, 2.05) is 66.7 Å². The van der Waals surface area contributed by atoms with E-state index in [4.69, 9.17) is 12.2 Å². The molecule has 0 fully saturated rings. The van der Waals surface area contributed by atoms with Gasteiger partial charge in [0.05, 0.1) is 6.04 Å². The zero-order chi connectivity index (χ0) is 15.5. The van der Waals surface area contributed by atoms with Gasteiger partial charge in [-0.2, -0.15) is 0 Å². The summed E-state index contributed by atoms with van der Waals surface area (Å²) in [4.78, 5) is 13.6. The molecule has 3 rings (SSSR count). The lowest BCUT2D eigenvalue weighted by Crippen LogP contribution is -2.46. The third-order valence-electron chi connectivity index (χ3n) is 3.63. The van der Waals surface area contributed by atoms with Crippen LogP contribution in [0, 0.1) is 0 Å². The average molecular weight is 308 g/mol. The smallest absolute Gasteiger partial charge is 0.226 e. The van der Waals surface area contributed by atoms with Crippen LogP contribution in [0.1, 0.15) is 24.1 Å². The van der Waals surface area contributed by atoms with Crippen molar-refractivity contribution in [3.05, 3.63) is 77.9 Å². The van der Waals surface area contributed by atoms with Crippen molar-refractivity contribution in [2.24, 2.45) is 0 Å². The van der Waals surface area contributed by atoms with Crippen molar-refractivity contribution < 1.29 is 4.79 Å². The number of nitrogens with one attached hydrogen (secondary N) is 1. The molecule has 1 aliphatic rings. The normalized spacial score (nSPS) is 17.7. The molecule has 1 amide bonds. The second-order valence-corrected chi connectivity index (χ2v) is 5.51. The van der Waals surface area contributed by atoms with Crippen molar-refractivity contribution in [3.63, 3.8) is 0 Å². The number of thiocarbonyl (C=S) groups is 1. The van der Waals surface area contributed by atoms with Crippen molar-refractivity contribution in [1.29, 1.82) is 0 Å². The molecule has 3 nitrogen and oxygen atoms in total. The van der Waals surface area contributed by atoms with Gasteiger partial charge in [-0.1, -0.05) is 60.7 Å². The van der Waals surface area contributed by atoms with Gasteiger partial charge in [0.15, 0.2) is 5.11 Å². The van der Waals surface area contributed by atoms with Gasteiger partial charge in [0, 0.05) is 12.6 Å². The van der Waals surface area contributed by atoms with Crippen LogP contribution in [0.2, 0.25) is 0 Å².